The second-order valence-electron chi connectivity index (χ2n) is 8.75. The fourth-order valence-electron chi connectivity index (χ4n) is 4.15. The van der Waals surface area contributed by atoms with Crippen molar-refractivity contribution in [3.63, 3.8) is 0 Å². The van der Waals surface area contributed by atoms with Crippen LogP contribution in [-0.4, -0.2) is 44.8 Å². The third-order valence-corrected chi connectivity index (χ3v) is 8.09. The zero-order chi connectivity index (χ0) is 25.7. The molecule has 0 bridgehead atoms. The number of piperidine rings is 1. The number of nitrogens with zero attached hydrogens (tertiary/aromatic N) is 2. The second kappa shape index (κ2) is 11.1. The molecule has 3 aromatic rings. The molecule has 0 radical (unpaired) electrons. The molecule has 3 aromatic carbocycles. The summed E-state index contributed by atoms with van der Waals surface area (Å²) in [4.78, 5) is 28.1. The predicted molar refractivity (Wildman–Crippen MR) is 142 cm³/mol. The van der Waals surface area contributed by atoms with Crippen LogP contribution in [-0.2, 0) is 14.8 Å². The van der Waals surface area contributed by atoms with E-state index < -0.39 is 22.5 Å². The fraction of sp³-hybridized carbons (Fsp3) is 0.259. The lowest BCUT2D eigenvalue weighted by molar-refractivity contribution is -0.114. The molecule has 7 nitrogen and oxygen atoms in total. The summed E-state index contributed by atoms with van der Waals surface area (Å²) in [5.41, 5.74) is 1.90. The highest BCUT2D eigenvalue weighted by Gasteiger charge is 2.28. The van der Waals surface area contributed by atoms with E-state index in [0.717, 1.165) is 29.1 Å². The Morgan fingerprint density at radius 3 is 2.33 bits per heavy atom. The average Bonchev–Trinajstić information content (AvgIpc) is 2.88. The Labute approximate surface area is 216 Å². The number of sulfonamides is 1. The van der Waals surface area contributed by atoms with Crippen LogP contribution in [0.25, 0.3) is 0 Å². The molecule has 1 saturated heterocycles. The zero-order valence-corrected chi connectivity index (χ0v) is 21.6. The normalized spacial score (nSPS) is 13.8. The molecular formula is C27H28ClN3O4S. The Hall–Kier alpha value is -3.36. The van der Waals surface area contributed by atoms with Crippen LogP contribution in [0.4, 0.5) is 11.4 Å². The van der Waals surface area contributed by atoms with Gasteiger partial charge in [-0.05, 0) is 68.7 Å². The van der Waals surface area contributed by atoms with Gasteiger partial charge in [0.2, 0.25) is 5.91 Å². The van der Waals surface area contributed by atoms with Gasteiger partial charge in [0.15, 0.2) is 0 Å². The summed E-state index contributed by atoms with van der Waals surface area (Å²) in [7, 11) is -4.08. The fourth-order valence-corrected chi connectivity index (χ4v) is 5.75. The Morgan fingerprint density at radius 1 is 0.944 bits per heavy atom. The topological polar surface area (TPSA) is 86.8 Å². The molecule has 1 aliphatic heterocycles. The summed E-state index contributed by atoms with van der Waals surface area (Å²) in [5.74, 6) is -0.728. The quantitative estimate of drug-likeness (QED) is 0.464. The van der Waals surface area contributed by atoms with E-state index in [1.54, 1.807) is 59.5 Å². The maximum absolute atomic E-state index is 13.6. The molecule has 0 saturated carbocycles. The molecule has 1 N–H and O–H groups in total. The molecule has 0 aromatic heterocycles. The number of hydrogen-bond acceptors (Lipinski definition) is 4. The van der Waals surface area contributed by atoms with E-state index in [9.17, 15) is 18.0 Å². The minimum absolute atomic E-state index is 0.0570. The number of amides is 2. The Morgan fingerprint density at radius 2 is 1.64 bits per heavy atom. The van der Waals surface area contributed by atoms with Gasteiger partial charge in [-0.15, -0.1) is 0 Å². The van der Waals surface area contributed by atoms with E-state index in [0.29, 0.717) is 29.4 Å². The van der Waals surface area contributed by atoms with Crippen LogP contribution in [0.5, 0.6) is 0 Å². The number of nitrogens with one attached hydrogen (secondary N) is 1. The number of carbonyl (C=O) groups is 2. The van der Waals surface area contributed by atoms with Crippen LogP contribution in [0, 0.1) is 6.92 Å². The molecule has 0 spiro atoms. The first-order valence-corrected chi connectivity index (χ1v) is 13.6. The molecule has 0 atom stereocenters. The van der Waals surface area contributed by atoms with Crippen molar-refractivity contribution in [1.29, 1.82) is 0 Å². The van der Waals surface area contributed by atoms with Crippen LogP contribution >= 0.6 is 11.6 Å². The molecule has 9 heteroatoms. The highest BCUT2D eigenvalue weighted by molar-refractivity contribution is 7.92. The largest absolute Gasteiger partial charge is 0.339 e. The molecule has 36 heavy (non-hydrogen) atoms. The monoisotopic (exact) mass is 525 g/mol. The van der Waals surface area contributed by atoms with Gasteiger partial charge in [-0.2, -0.15) is 0 Å². The smallest absolute Gasteiger partial charge is 0.264 e. The van der Waals surface area contributed by atoms with Gasteiger partial charge in [-0.3, -0.25) is 13.9 Å². The van der Waals surface area contributed by atoms with Gasteiger partial charge in [-0.1, -0.05) is 47.5 Å². The lowest BCUT2D eigenvalue weighted by atomic mass is 10.1. The molecule has 0 aliphatic carbocycles. The predicted octanol–water partition coefficient (Wildman–Crippen LogP) is 5.11. The van der Waals surface area contributed by atoms with Gasteiger partial charge in [0, 0.05) is 18.1 Å². The third kappa shape index (κ3) is 5.88. The van der Waals surface area contributed by atoms with Gasteiger partial charge in [0.1, 0.15) is 6.54 Å². The van der Waals surface area contributed by atoms with Gasteiger partial charge < -0.3 is 10.2 Å². The van der Waals surface area contributed by atoms with Crippen molar-refractivity contribution >= 4 is 44.8 Å². The summed E-state index contributed by atoms with van der Waals surface area (Å²) in [6, 6.07) is 19.5. The lowest BCUT2D eigenvalue weighted by Crippen LogP contribution is -2.39. The SMILES string of the molecule is Cc1ccc(S(=O)(=O)N(CC(=O)Nc2ccccc2C(=O)N2CCCCC2)c2cccc(Cl)c2)cc1. The van der Waals surface area contributed by atoms with Crippen molar-refractivity contribution in [2.75, 3.05) is 29.3 Å². The summed E-state index contributed by atoms with van der Waals surface area (Å²) in [6.07, 6.45) is 2.99. The number of hydrogen-bond donors (Lipinski definition) is 1. The van der Waals surface area contributed by atoms with E-state index in [-0.39, 0.29) is 16.5 Å². The first-order valence-electron chi connectivity index (χ1n) is 11.8. The van der Waals surface area contributed by atoms with Crippen LogP contribution in [0.1, 0.15) is 35.2 Å². The lowest BCUT2D eigenvalue weighted by Gasteiger charge is -2.28. The Bertz CT molecular complexity index is 1350. The second-order valence-corrected chi connectivity index (χ2v) is 11.0. The first kappa shape index (κ1) is 25.7. The Kier molecular flexibility index (Phi) is 7.96. The average molecular weight is 526 g/mol. The molecule has 1 fully saturated rings. The minimum atomic E-state index is -4.08. The highest BCUT2D eigenvalue weighted by atomic mass is 35.5. The summed E-state index contributed by atoms with van der Waals surface area (Å²) < 4.78 is 28.2. The summed E-state index contributed by atoms with van der Waals surface area (Å²) in [5, 5.41) is 3.09. The van der Waals surface area contributed by atoms with Gasteiger partial charge in [0.05, 0.1) is 21.8 Å². The molecule has 1 aliphatic rings. The molecule has 2 amide bonds. The van der Waals surface area contributed by atoms with E-state index >= 15 is 0 Å². The number of para-hydroxylation sites is 1. The van der Waals surface area contributed by atoms with Crippen molar-refractivity contribution in [2.45, 2.75) is 31.1 Å². The number of aryl methyl sites for hydroxylation is 1. The van der Waals surface area contributed by atoms with E-state index in [1.807, 2.05) is 6.92 Å². The summed E-state index contributed by atoms with van der Waals surface area (Å²) >= 11 is 6.14. The number of halogens is 1. The minimum Gasteiger partial charge on any atom is -0.339 e. The van der Waals surface area contributed by atoms with Gasteiger partial charge in [0.25, 0.3) is 15.9 Å². The maximum atomic E-state index is 13.6. The van der Waals surface area contributed by atoms with Crippen LogP contribution < -0.4 is 9.62 Å². The number of carbonyl (C=O) groups excluding carboxylic acids is 2. The molecular weight excluding hydrogens is 498 g/mol. The molecule has 0 unspecified atom stereocenters. The number of benzene rings is 3. The van der Waals surface area contributed by atoms with Gasteiger partial charge >= 0.3 is 0 Å². The first-order chi connectivity index (χ1) is 17.3. The number of likely N-dealkylation sites (tertiary alicyclic amines) is 1. The zero-order valence-electron chi connectivity index (χ0n) is 20.0. The molecule has 4 rings (SSSR count). The third-order valence-electron chi connectivity index (χ3n) is 6.07. The van der Waals surface area contributed by atoms with Crippen LogP contribution in [0.15, 0.2) is 77.7 Å². The number of rotatable bonds is 7. The summed E-state index contributed by atoms with van der Waals surface area (Å²) in [6.45, 7) is 2.72. The Balaban J connectivity index is 1.61. The van der Waals surface area contributed by atoms with E-state index in [2.05, 4.69) is 5.32 Å². The van der Waals surface area contributed by atoms with Crippen LogP contribution in [0.2, 0.25) is 5.02 Å². The van der Waals surface area contributed by atoms with E-state index in [4.69, 9.17) is 11.6 Å². The number of anilines is 2. The van der Waals surface area contributed by atoms with Crippen molar-refractivity contribution in [3.8, 4) is 0 Å². The molecule has 1 heterocycles. The standard InChI is InChI=1S/C27H28ClN3O4S/c1-20-12-14-23(15-13-20)36(34,35)31(22-9-7-8-21(28)18-22)19-26(32)29-25-11-4-3-10-24(25)27(33)30-16-5-2-6-17-30/h3-4,7-15,18H,2,5-6,16-17,19H2,1H3,(H,29,32). The maximum Gasteiger partial charge on any atom is 0.264 e. The van der Waals surface area contributed by atoms with Gasteiger partial charge in [-0.25, -0.2) is 8.42 Å². The van der Waals surface area contributed by atoms with Crippen molar-refractivity contribution in [3.05, 3.63) is 88.9 Å². The van der Waals surface area contributed by atoms with Crippen molar-refractivity contribution in [1.82, 2.24) is 4.90 Å². The van der Waals surface area contributed by atoms with Crippen LogP contribution in [0.3, 0.4) is 0 Å². The van der Waals surface area contributed by atoms with E-state index in [1.165, 1.54) is 18.2 Å². The van der Waals surface area contributed by atoms with Crippen molar-refractivity contribution < 1.29 is 18.0 Å². The highest BCUT2D eigenvalue weighted by Crippen LogP contribution is 2.27. The van der Waals surface area contributed by atoms with Crippen molar-refractivity contribution in [2.24, 2.45) is 0 Å². The molecule has 188 valence electrons.